The van der Waals surface area contributed by atoms with Crippen molar-refractivity contribution in [3.63, 3.8) is 0 Å². The van der Waals surface area contributed by atoms with Gasteiger partial charge in [-0.25, -0.2) is 4.79 Å². The maximum atomic E-state index is 10.6. The fraction of sp³-hybridized carbons (Fsp3) is 0.833. The van der Waals surface area contributed by atoms with E-state index in [9.17, 15) is 4.79 Å². The highest BCUT2D eigenvalue weighted by Gasteiger charge is 2.14. The van der Waals surface area contributed by atoms with Gasteiger partial charge in [0.05, 0.1) is 7.11 Å². The zero-order chi connectivity index (χ0) is 7.28. The first kappa shape index (κ1) is 8.43. The fourth-order valence-electron chi connectivity index (χ4n) is 0.561. The van der Waals surface area contributed by atoms with Gasteiger partial charge in [-0.1, -0.05) is 6.92 Å². The van der Waals surface area contributed by atoms with Crippen molar-refractivity contribution in [2.75, 3.05) is 14.2 Å². The molecule has 0 N–H and O–H groups in total. The van der Waals surface area contributed by atoms with E-state index >= 15 is 0 Å². The molecule has 0 bridgehead atoms. The van der Waals surface area contributed by atoms with Gasteiger partial charge in [-0.15, -0.1) is 0 Å². The lowest BCUT2D eigenvalue weighted by molar-refractivity contribution is -0.152. The minimum absolute atomic E-state index is 0.306. The summed E-state index contributed by atoms with van der Waals surface area (Å²) in [7, 11) is 2.84. The third-order valence-electron chi connectivity index (χ3n) is 1.12. The van der Waals surface area contributed by atoms with Gasteiger partial charge in [0.2, 0.25) is 0 Å². The van der Waals surface area contributed by atoms with Gasteiger partial charge in [0.15, 0.2) is 6.10 Å². The van der Waals surface area contributed by atoms with E-state index in [-0.39, 0.29) is 5.97 Å². The van der Waals surface area contributed by atoms with Crippen LogP contribution in [0.3, 0.4) is 0 Å². The Balaban J connectivity index is 3.64. The van der Waals surface area contributed by atoms with Crippen LogP contribution in [-0.4, -0.2) is 26.3 Å². The molecule has 0 aliphatic carbocycles. The first-order valence-electron chi connectivity index (χ1n) is 2.86. The lowest BCUT2D eigenvalue weighted by Gasteiger charge is -2.08. The number of methoxy groups -OCH3 is 2. The van der Waals surface area contributed by atoms with Crippen molar-refractivity contribution in [2.24, 2.45) is 0 Å². The molecule has 9 heavy (non-hydrogen) atoms. The number of ether oxygens (including phenoxy) is 2. The van der Waals surface area contributed by atoms with E-state index in [1.807, 2.05) is 6.92 Å². The van der Waals surface area contributed by atoms with Crippen LogP contribution in [0.25, 0.3) is 0 Å². The van der Waals surface area contributed by atoms with Crippen LogP contribution in [0, 0.1) is 0 Å². The molecule has 3 heteroatoms. The van der Waals surface area contributed by atoms with Crippen molar-refractivity contribution in [2.45, 2.75) is 19.4 Å². The molecule has 0 aromatic rings. The minimum atomic E-state index is -0.394. The summed E-state index contributed by atoms with van der Waals surface area (Å²) in [5.41, 5.74) is 0. The van der Waals surface area contributed by atoms with Gasteiger partial charge in [0.1, 0.15) is 0 Å². The molecule has 0 aliphatic heterocycles. The zero-order valence-electron chi connectivity index (χ0n) is 6.01. The Labute approximate surface area is 55.0 Å². The summed E-state index contributed by atoms with van der Waals surface area (Å²) in [5, 5.41) is 0. The van der Waals surface area contributed by atoms with E-state index in [0.29, 0.717) is 6.42 Å². The third-order valence-corrected chi connectivity index (χ3v) is 1.12. The van der Waals surface area contributed by atoms with Crippen molar-refractivity contribution in [1.29, 1.82) is 0 Å². The Morgan fingerprint density at radius 1 is 1.56 bits per heavy atom. The predicted molar refractivity (Wildman–Crippen MR) is 33.1 cm³/mol. The standard InChI is InChI=1S/C6H12O3/c1-4-5(8-2)6(7)9-3/h5H,4H2,1-3H3. The number of esters is 1. The average molecular weight is 132 g/mol. The molecule has 0 heterocycles. The average Bonchev–Trinajstić information content (AvgIpc) is 1.90. The molecule has 0 aliphatic rings. The van der Waals surface area contributed by atoms with Crippen molar-refractivity contribution < 1.29 is 14.3 Å². The van der Waals surface area contributed by atoms with E-state index < -0.39 is 6.10 Å². The van der Waals surface area contributed by atoms with Crippen molar-refractivity contribution in [3.8, 4) is 0 Å². The van der Waals surface area contributed by atoms with E-state index in [1.165, 1.54) is 14.2 Å². The highest BCUT2D eigenvalue weighted by atomic mass is 16.6. The quantitative estimate of drug-likeness (QED) is 0.527. The summed E-state index contributed by atoms with van der Waals surface area (Å²) in [5.74, 6) is -0.306. The van der Waals surface area contributed by atoms with Crippen LogP contribution in [0.2, 0.25) is 0 Å². The third kappa shape index (κ3) is 2.46. The molecule has 3 nitrogen and oxygen atoms in total. The normalized spacial score (nSPS) is 12.8. The van der Waals surface area contributed by atoms with E-state index in [1.54, 1.807) is 0 Å². The van der Waals surface area contributed by atoms with Gasteiger partial charge in [-0.05, 0) is 6.42 Å². The van der Waals surface area contributed by atoms with Gasteiger partial charge in [-0.2, -0.15) is 0 Å². The monoisotopic (exact) mass is 132 g/mol. The van der Waals surface area contributed by atoms with Crippen molar-refractivity contribution in [1.82, 2.24) is 0 Å². The first-order valence-corrected chi connectivity index (χ1v) is 2.86. The summed E-state index contributed by atoms with van der Waals surface area (Å²) >= 11 is 0. The Bertz CT molecular complexity index is 86.3. The molecule has 54 valence electrons. The second kappa shape index (κ2) is 4.32. The molecular formula is C6H12O3. The first-order chi connectivity index (χ1) is 4.26. The Hall–Kier alpha value is -0.570. The summed E-state index contributed by atoms with van der Waals surface area (Å²) in [6.45, 7) is 1.87. The number of hydrogen-bond donors (Lipinski definition) is 0. The van der Waals surface area contributed by atoms with Crippen LogP contribution >= 0.6 is 0 Å². The maximum absolute atomic E-state index is 10.6. The maximum Gasteiger partial charge on any atom is 0.334 e. The fourth-order valence-corrected chi connectivity index (χ4v) is 0.561. The van der Waals surface area contributed by atoms with Crippen molar-refractivity contribution in [3.05, 3.63) is 0 Å². The predicted octanol–water partition coefficient (Wildman–Crippen LogP) is 0.584. The van der Waals surface area contributed by atoms with Crippen LogP contribution in [0.15, 0.2) is 0 Å². The van der Waals surface area contributed by atoms with Gasteiger partial charge in [-0.3, -0.25) is 0 Å². The van der Waals surface area contributed by atoms with E-state index in [4.69, 9.17) is 4.74 Å². The number of rotatable bonds is 3. The second-order valence-electron chi connectivity index (χ2n) is 1.66. The number of hydrogen-bond acceptors (Lipinski definition) is 3. The van der Waals surface area contributed by atoms with Gasteiger partial charge < -0.3 is 9.47 Å². The van der Waals surface area contributed by atoms with Crippen LogP contribution in [0.5, 0.6) is 0 Å². The summed E-state index contributed by atoms with van der Waals surface area (Å²) in [6, 6.07) is 0. The highest BCUT2D eigenvalue weighted by Crippen LogP contribution is 1.96. The number of carbonyl (C=O) groups is 1. The van der Waals surface area contributed by atoms with Crippen LogP contribution in [0.4, 0.5) is 0 Å². The van der Waals surface area contributed by atoms with Gasteiger partial charge in [0, 0.05) is 7.11 Å². The molecule has 0 radical (unpaired) electrons. The number of carbonyl (C=O) groups excluding carboxylic acids is 1. The van der Waals surface area contributed by atoms with Gasteiger partial charge >= 0.3 is 5.97 Å². The van der Waals surface area contributed by atoms with Crippen LogP contribution in [-0.2, 0) is 14.3 Å². The Morgan fingerprint density at radius 3 is 2.22 bits per heavy atom. The molecule has 0 amide bonds. The SMILES string of the molecule is CCC(OC)C(=O)OC. The Morgan fingerprint density at radius 2 is 2.11 bits per heavy atom. The molecule has 0 aromatic heterocycles. The molecule has 0 fully saturated rings. The minimum Gasteiger partial charge on any atom is -0.467 e. The Kier molecular flexibility index (Phi) is 4.05. The molecule has 1 unspecified atom stereocenters. The smallest absolute Gasteiger partial charge is 0.334 e. The molecule has 0 spiro atoms. The van der Waals surface area contributed by atoms with Gasteiger partial charge in [0.25, 0.3) is 0 Å². The molecule has 0 aromatic carbocycles. The summed E-state index contributed by atoms with van der Waals surface area (Å²) < 4.78 is 9.21. The molecule has 0 saturated heterocycles. The lowest BCUT2D eigenvalue weighted by atomic mass is 10.3. The zero-order valence-corrected chi connectivity index (χ0v) is 6.01. The molecule has 0 rings (SSSR count). The molecular weight excluding hydrogens is 120 g/mol. The lowest BCUT2D eigenvalue weighted by Crippen LogP contribution is -2.22. The van der Waals surface area contributed by atoms with Crippen LogP contribution < -0.4 is 0 Å². The molecule has 0 saturated carbocycles. The topological polar surface area (TPSA) is 35.5 Å². The second-order valence-corrected chi connectivity index (χ2v) is 1.66. The van der Waals surface area contributed by atoms with Crippen LogP contribution in [0.1, 0.15) is 13.3 Å². The van der Waals surface area contributed by atoms with E-state index in [0.717, 1.165) is 0 Å². The van der Waals surface area contributed by atoms with E-state index in [2.05, 4.69) is 4.74 Å². The van der Waals surface area contributed by atoms with Crippen molar-refractivity contribution >= 4 is 5.97 Å². The largest absolute Gasteiger partial charge is 0.467 e. The summed E-state index contributed by atoms with van der Waals surface area (Å²) in [6.07, 6.45) is 0.262. The molecule has 1 atom stereocenters. The highest BCUT2D eigenvalue weighted by molar-refractivity contribution is 5.74. The summed E-state index contributed by atoms with van der Waals surface area (Å²) in [4.78, 5) is 10.6.